The number of nitrogens with zero attached hydrogens (tertiary/aromatic N) is 2. The van der Waals surface area contributed by atoms with Gasteiger partial charge in [-0.05, 0) is 31.0 Å². The van der Waals surface area contributed by atoms with Crippen LogP contribution in [0.3, 0.4) is 0 Å². The molecule has 0 bridgehead atoms. The van der Waals surface area contributed by atoms with Crippen LogP contribution in [0.15, 0.2) is 30.3 Å². The highest BCUT2D eigenvalue weighted by Crippen LogP contribution is 2.32. The molecule has 0 unspecified atom stereocenters. The zero-order valence-corrected chi connectivity index (χ0v) is 11.9. The van der Waals surface area contributed by atoms with Crippen LogP contribution in [-0.2, 0) is 0 Å². The van der Waals surface area contributed by atoms with Crippen molar-refractivity contribution in [2.24, 2.45) is 0 Å². The van der Waals surface area contributed by atoms with Gasteiger partial charge in [-0.25, -0.2) is 9.37 Å². The van der Waals surface area contributed by atoms with E-state index in [9.17, 15) is 14.5 Å². The summed E-state index contributed by atoms with van der Waals surface area (Å²) in [6, 6.07) is 7.44. The predicted molar refractivity (Wildman–Crippen MR) is 79.8 cm³/mol. The first-order valence-corrected chi connectivity index (χ1v) is 6.69. The van der Waals surface area contributed by atoms with Crippen molar-refractivity contribution in [3.05, 3.63) is 51.8 Å². The summed E-state index contributed by atoms with van der Waals surface area (Å²) in [5.74, 6) is 0.136. The lowest BCUT2D eigenvalue weighted by Crippen LogP contribution is -2.04. The minimum Gasteiger partial charge on any atom is -0.370 e. The molecule has 1 aromatic heterocycles. The number of pyridine rings is 1. The van der Waals surface area contributed by atoms with Gasteiger partial charge in [-0.2, -0.15) is 0 Å². The molecule has 1 N–H and O–H groups in total. The van der Waals surface area contributed by atoms with Crippen LogP contribution in [0.5, 0.6) is 0 Å². The number of hydrogen-bond acceptors (Lipinski definition) is 4. The summed E-state index contributed by atoms with van der Waals surface area (Å²) >= 11 is 0. The first kappa shape index (κ1) is 14.9. The molecule has 6 heteroatoms. The summed E-state index contributed by atoms with van der Waals surface area (Å²) in [5, 5.41) is 14.2. The van der Waals surface area contributed by atoms with E-state index in [-0.39, 0.29) is 11.4 Å². The Balaban J connectivity index is 2.57. The van der Waals surface area contributed by atoms with Crippen LogP contribution in [0, 0.1) is 22.9 Å². The molecule has 0 aliphatic rings. The van der Waals surface area contributed by atoms with Crippen LogP contribution in [0.4, 0.5) is 15.9 Å². The molecule has 0 saturated heterocycles. The van der Waals surface area contributed by atoms with E-state index in [2.05, 4.69) is 10.3 Å². The van der Waals surface area contributed by atoms with E-state index in [0.29, 0.717) is 23.5 Å². The van der Waals surface area contributed by atoms with Crippen molar-refractivity contribution < 1.29 is 9.31 Å². The van der Waals surface area contributed by atoms with E-state index < -0.39 is 10.7 Å². The molecule has 0 radical (unpaired) electrons. The summed E-state index contributed by atoms with van der Waals surface area (Å²) in [5.41, 5.74) is 0.825. The lowest BCUT2D eigenvalue weighted by atomic mass is 10.0. The second-order valence-electron chi connectivity index (χ2n) is 4.66. The minimum absolute atomic E-state index is 0.134. The quantitative estimate of drug-likeness (QED) is 0.669. The Morgan fingerprint density at radius 1 is 1.33 bits per heavy atom. The fraction of sp³-hybridized carbons (Fsp3) is 0.267. The van der Waals surface area contributed by atoms with Crippen LogP contribution in [0.1, 0.15) is 18.9 Å². The number of halogens is 1. The first-order chi connectivity index (χ1) is 10.0. The van der Waals surface area contributed by atoms with Gasteiger partial charge < -0.3 is 5.32 Å². The molecule has 0 atom stereocenters. The number of nitro groups is 1. The van der Waals surface area contributed by atoms with Crippen LogP contribution in [-0.4, -0.2) is 16.5 Å². The zero-order valence-electron chi connectivity index (χ0n) is 11.9. The number of aromatic nitrogens is 1. The normalized spacial score (nSPS) is 10.4. The standard InChI is InChI=1S/C15H16FN3O2/c1-3-9-17-14-8-7-13(19(20)21)15(18-14)11-5-4-6-12(16)10(11)2/h4-8H,3,9H2,1-2H3,(H,17,18). The van der Waals surface area contributed by atoms with Gasteiger partial charge in [0, 0.05) is 18.2 Å². The van der Waals surface area contributed by atoms with Gasteiger partial charge >= 0.3 is 0 Å². The minimum atomic E-state index is -0.504. The Morgan fingerprint density at radius 3 is 2.76 bits per heavy atom. The van der Waals surface area contributed by atoms with Crippen LogP contribution in [0.2, 0.25) is 0 Å². The molecule has 21 heavy (non-hydrogen) atoms. The SMILES string of the molecule is CCCNc1ccc([N+](=O)[O-])c(-c2cccc(F)c2C)n1. The van der Waals surface area contributed by atoms with Crippen LogP contribution >= 0.6 is 0 Å². The number of nitrogens with one attached hydrogen (secondary N) is 1. The molecule has 1 aromatic carbocycles. The van der Waals surface area contributed by atoms with Gasteiger partial charge in [0.2, 0.25) is 0 Å². The molecule has 2 aromatic rings. The molecule has 110 valence electrons. The fourth-order valence-electron chi connectivity index (χ4n) is 2.01. The zero-order chi connectivity index (χ0) is 15.4. The third kappa shape index (κ3) is 3.16. The first-order valence-electron chi connectivity index (χ1n) is 6.69. The molecule has 0 fully saturated rings. The van der Waals surface area contributed by atoms with Gasteiger partial charge in [0.25, 0.3) is 5.69 Å². The highest BCUT2D eigenvalue weighted by molar-refractivity contribution is 5.74. The predicted octanol–water partition coefficient (Wildman–Crippen LogP) is 3.93. The van der Waals surface area contributed by atoms with E-state index in [4.69, 9.17) is 0 Å². The average Bonchev–Trinajstić information content (AvgIpc) is 2.47. The molecule has 0 aliphatic carbocycles. The van der Waals surface area contributed by atoms with E-state index >= 15 is 0 Å². The maximum atomic E-state index is 13.7. The monoisotopic (exact) mass is 289 g/mol. The van der Waals surface area contributed by atoms with Crippen molar-refractivity contribution in [3.8, 4) is 11.3 Å². The molecule has 2 rings (SSSR count). The average molecular weight is 289 g/mol. The van der Waals surface area contributed by atoms with Crippen molar-refractivity contribution in [1.29, 1.82) is 0 Å². The summed E-state index contributed by atoms with van der Waals surface area (Å²) in [6.07, 6.45) is 0.910. The van der Waals surface area contributed by atoms with E-state index in [1.54, 1.807) is 19.1 Å². The molecule has 0 aliphatic heterocycles. The van der Waals surface area contributed by atoms with E-state index in [1.165, 1.54) is 18.2 Å². The van der Waals surface area contributed by atoms with Gasteiger partial charge in [-0.1, -0.05) is 19.1 Å². The number of rotatable bonds is 5. The molecule has 1 heterocycles. The Bertz CT molecular complexity index is 674. The van der Waals surface area contributed by atoms with Gasteiger partial charge in [0.15, 0.2) is 5.69 Å². The Kier molecular flexibility index (Phi) is 4.47. The highest BCUT2D eigenvalue weighted by Gasteiger charge is 2.20. The maximum Gasteiger partial charge on any atom is 0.295 e. The number of hydrogen-bond donors (Lipinski definition) is 1. The summed E-state index contributed by atoms with van der Waals surface area (Å²) in [6.45, 7) is 4.31. The van der Waals surface area contributed by atoms with Crippen molar-refractivity contribution in [3.63, 3.8) is 0 Å². The summed E-state index contributed by atoms with van der Waals surface area (Å²) < 4.78 is 13.7. The maximum absolute atomic E-state index is 13.7. The summed E-state index contributed by atoms with van der Waals surface area (Å²) in [4.78, 5) is 14.9. The van der Waals surface area contributed by atoms with Gasteiger partial charge in [0.05, 0.1) is 4.92 Å². The van der Waals surface area contributed by atoms with Gasteiger partial charge in [-0.15, -0.1) is 0 Å². The smallest absolute Gasteiger partial charge is 0.295 e. The molecule has 5 nitrogen and oxygen atoms in total. The number of benzene rings is 1. The van der Waals surface area contributed by atoms with Crippen molar-refractivity contribution >= 4 is 11.5 Å². The lowest BCUT2D eigenvalue weighted by molar-refractivity contribution is -0.384. The Labute approximate surface area is 122 Å². The Morgan fingerprint density at radius 2 is 2.10 bits per heavy atom. The number of anilines is 1. The highest BCUT2D eigenvalue weighted by atomic mass is 19.1. The van der Waals surface area contributed by atoms with Gasteiger partial charge in [0.1, 0.15) is 11.6 Å². The third-order valence-corrected chi connectivity index (χ3v) is 3.15. The Hall–Kier alpha value is -2.50. The second kappa shape index (κ2) is 6.30. The second-order valence-corrected chi connectivity index (χ2v) is 4.66. The lowest BCUT2D eigenvalue weighted by Gasteiger charge is -2.10. The van der Waals surface area contributed by atoms with E-state index in [1.807, 2.05) is 6.92 Å². The van der Waals surface area contributed by atoms with Crippen molar-refractivity contribution in [2.75, 3.05) is 11.9 Å². The largest absolute Gasteiger partial charge is 0.370 e. The van der Waals surface area contributed by atoms with Crippen molar-refractivity contribution in [2.45, 2.75) is 20.3 Å². The van der Waals surface area contributed by atoms with Crippen LogP contribution < -0.4 is 5.32 Å². The molecule has 0 amide bonds. The van der Waals surface area contributed by atoms with Crippen molar-refractivity contribution in [1.82, 2.24) is 4.98 Å². The fourth-order valence-corrected chi connectivity index (χ4v) is 2.01. The van der Waals surface area contributed by atoms with Crippen LogP contribution in [0.25, 0.3) is 11.3 Å². The third-order valence-electron chi connectivity index (χ3n) is 3.15. The summed E-state index contributed by atoms with van der Waals surface area (Å²) in [7, 11) is 0. The molecule has 0 saturated carbocycles. The topological polar surface area (TPSA) is 68.1 Å². The van der Waals surface area contributed by atoms with Gasteiger partial charge in [-0.3, -0.25) is 10.1 Å². The molecular formula is C15H16FN3O2. The van der Waals surface area contributed by atoms with E-state index in [0.717, 1.165) is 6.42 Å². The molecular weight excluding hydrogens is 273 g/mol. The molecule has 0 spiro atoms.